The quantitative estimate of drug-likeness (QED) is 0.597. The third-order valence-corrected chi connectivity index (χ3v) is 2.45. The molecule has 0 aromatic carbocycles. The van der Waals surface area contributed by atoms with Crippen LogP contribution in [0.25, 0.3) is 0 Å². The van der Waals surface area contributed by atoms with Crippen LogP contribution in [-0.4, -0.2) is 17.3 Å². The van der Waals surface area contributed by atoms with Gasteiger partial charge in [-0.2, -0.15) is 0 Å². The zero-order valence-corrected chi connectivity index (χ0v) is 8.92. The molecule has 0 amide bonds. The molecule has 0 saturated carbocycles. The van der Waals surface area contributed by atoms with E-state index in [9.17, 15) is 5.11 Å². The van der Waals surface area contributed by atoms with Crippen LogP contribution < -0.4 is 5.73 Å². The Hall–Kier alpha value is -0.340. The maximum Gasteiger partial charge on any atom is 0.0660 e. The van der Waals surface area contributed by atoms with E-state index in [-0.39, 0.29) is 0 Å². The predicted molar refractivity (Wildman–Crippen MR) is 57.6 cm³/mol. The standard InChI is InChI=1S/C11H23NO/c1-3-5-6-7-8-11(13,4-2)9-10-12/h5-6,13H,3-4,7-10,12H2,1-2H3/b6-5+. The summed E-state index contributed by atoms with van der Waals surface area (Å²) in [7, 11) is 0. The van der Waals surface area contributed by atoms with Gasteiger partial charge in [0.15, 0.2) is 0 Å². The van der Waals surface area contributed by atoms with Crippen LogP contribution in [0, 0.1) is 0 Å². The van der Waals surface area contributed by atoms with Crippen molar-refractivity contribution in [2.45, 2.75) is 51.6 Å². The number of nitrogens with two attached hydrogens (primary N) is 1. The van der Waals surface area contributed by atoms with Crippen LogP contribution in [0.5, 0.6) is 0 Å². The molecular formula is C11H23NO. The summed E-state index contributed by atoms with van der Waals surface area (Å²) in [6, 6.07) is 0. The molecule has 0 fully saturated rings. The molecule has 0 aliphatic carbocycles. The average Bonchev–Trinajstić information content (AvgIpc) is 2.13. The van der Waals surface area contributed by atoms with E-state index in [1.54, 1.807) is 0 Å². The van der Waals surface area contributed by atoms with E-state index in [4.69, 9.17) is 5.73 Å². The number of hydrogen-bond acceptors (Lipinski definition) is 2. The summed E-state index contributed by atoms with van der Waals surface area (Å²) >= 11 is 0. The van der Waals surface area contributed by atoms with E-state index in [1.807, 2.05) is 6.92 Å². The fourth-order valence-electron chi connectivity index (χ4n) is 1.38. The predicted octanol–water partition coefficient (Wildman–Crippen LogP) is 2.22. The Morgan fingerprint density at radius 2 is 1.92 bits per heavy atom. The minimum absolute atomic E-state index is 0.535. The third-order valence-electron chi connectivity index (χ3n) is 2.45. The summed E-state index contributed by atoms with van der Waals surface area (Å²) in [4.78, 5) is 0. The van der Waals surface area contributed by atoms with Gasteiger partial charge in [0.2, 0.25) is 0 Å². The molecule has 0 rings (SSSR count). The van der Waals surface area contributed by atoms with Crippen LogP contribution in [0.15, 0.2) is 12.2 Å². The normalized spacial score (nSPS) is 16.3. The number of aliphatic hydroxyl groups is 1. The van der Waals surface area contributed by atoms with Gasteiger partial charge in [-0.25, -0.2) is 0 Å². The largest absolute Gasteiger partial charge is 0.390 e. The molecule has 1 atom stereocenters. The van der Waals surface area contributed by atoms with Crippen LogP contribution in [0.1, 0.15) is 46.0 Å². The average molecular weight is 185 g/mol. The Labute approximate surface area is 81.8 Å². The first-order valence-electron chi connectivity index (χ1n) is 5.26. The van der Waals surface area contributed by atoms with Gasteiger partial charge in [-0.05, 0) is 38.6 Å². The van der Waals surface area contributed by atoms with Crippen molar-refractivity contribution in [1.29, 1.82) is 0 Å². The molecule has 0 aliphatic heterocycles. The summed E-state index contributed by atoms with van der Waals surface area (Å²) in [5, 5.41) is 10.0. The van der Waals surface area contributed by atoms with Gasteiger partial charge < -0.3 is 10.8 Å². The topological polar surface area (TPSA) is 46.2 Å². The molecule has 3 N–H and O–H groups in total. The van der Waals surface area contributed by atoms with Crippen LogP contribution >= 0.6 is 0 Å². The highest BCUT2D eigenvalue weighted by Gasteiger charge is 2.21. The van der Waals surface area contributed by atoms with Crippen molar-refractivity contribution in [3.05, 3.63) is 12.2 Å². The zero-order chi connectivity index (χ0) is 10.2. The van der Waals surface area contributed by atoms with Gasteiger partial charge in [-0.1, -0.05) is 26.0 Å². The molecule has 0 heterocycles. The Bertz CT molecular complexity index is 145. The van der Waals surface area contributed by atoms with E-state index in [1.165, 1.54) is 0 Å². The molecular weight excluding hydrogens is 162 g/mol. The highest BCUT2D eigenvalue weighted by molar-refractivity contribution is 4.85. The first-order valence-corrected chi connectivity index (χ1v) is 5.26. The molecule has 78 valence electrons. The van der Waals surface area contributed by atoms with Crippen molar-refractivity contribution in [2.24, 2.45) is 5.73 Å². The van der Waals surface area contributed by atoms with Gasteiger partial charge in [-0.3, -0.25) is 0 Å². The Kier molecular flexibility index (Phi) is 6.92. The summed E-state index contributed by atoms with van der Waals surface area (Å²) in [6.07, 6.45) is 8.64. The van der Waals surface area contributed by atoms with Gasteiger partial charge in [0.25, 0.3) is 0 Å². The molecule has 0 radical (unpaired) electrons. The molecule has 0 spiro atoms. The lowest BCUT2D eigenvalue weighted by Gasteiger charge is -2.25. The van der Waals surface area contributed by atoms with Crippen molar-refractivity contribution < 1.29 is 5.11 Å². The molecule has 2 heteroatoms. The minimum Gasteiger partial charge on any atom is -0.390 e. The Morgan fingerprint density at radius 3 is 2.38 bits per heavy atom. The van der Waals surface area contributed by atoms with Crippen molar-refractivity contribution in [3.8, 4) is 0 Å². The fourth-order valence-corrected chi connectivity index (χ4v) is 1.38. The summed E-state index contributed by atoms with van der Waals surface area (Å²) < 4.78 is 0. The molecule has 13 heavy (non-hydrogen) atoms. The maximum atomic E-state index is 10.0. The molecule has 2 nitrogen and oxygen atoms in total. The monoisotopic (exact) mass is 185 g/mol. The van der Waals surface area contributed by atoms with Crippen LogP contribution in [0.4, 0.5) is 0 Å². The second-order valence-electron chi connectivity index (χ2n) is 3.53. The van der Waals surface area contributed by atoms with E-state index >= 15 is 0 Å². The summed E-state index contributed by atoms with van der Waals surface area (Å²) in [5.41, 5.74) is 4.91. The SMILES string of the molecule is CC/C=C/CCC(O)(CC)CCN. The Morgan fingerprint density at radius 1 is 1.23 bits per heavy atom. The van der Waals surface area contributed by atoms with Gasteiger partial charge in [0.05, 0.1) is 5.60 Å². The maximum absolute atomic E-state index is 10.0. The summed E-state index contributed by atoms with van der Waals surface area (Å²) in [6.45, 7) is 4.70. The van der Waals surface area contributed by atoms with Gasteiger partial charge in [0.1, 0.15) is 0 Å². The molecule has 0 saturated heterocycles. The van der Waals surface area contributed by atoms with E-state index in [0.717, 1.165) is 25.7 Å². The van der Waals surface area contributed by atoms with Crippen molar-refractivity contribution in [2.75, 3.05) is 6.54 Å². The number of hydrogen-bond donors (Lipinski definition) is 2. The second-order valence-corrected chi connectivity index (χ2v) is 3.53. The number of rotatable bonds is 7. The second kappa shape index (κ2) is 7.10. The smallest absolute Gasteiger partial charge is 0.0660 e. The van der Waals surface area contributed by atoms with E-state index < -0.39 is 5.60 Å². The third kappa shape index (κ3) is 5.83. The van der Waals surface area contributed by atoms with Crippen molar-refractivity contribution in [1.82, 2.24) is 0 Å². The van der Waals surface area contributed by atoms with E-state index in [0.29, 0.717) is 13.0 Å². The molecule has 0 aromatic rings. The van der Waals surface area contributed by atoms with Crippen molar-refractivity contribution in [3.63, 3.8) is 0 Å². The lowest BCUT2D eigenvalue weighted by Crippen LogP contribution is -2.30. The van der Waals surface area contributed by atoms with Crippen LogP contribution in [0.3, 0.4) is 0 Å². The van der Waals surface area contributed by atoms with E-state index in [2.05, 4.69) is 19.1 Å². The zero-order valence-electron chi connectivity index (χ0n) is 8.92. The fraction of sp³-hybridized carbons (Fsp3) is 0.818. The van der Waals surface area contributed by atoms with Gasteiger partial charge in [-0.15, -0.1) is 0 Å². The molecule has 0 aromatic heterocycles. The lowest BCUT2D eigenvalue weighted by molar-refractivity contribution is 0.0223. The van der Waals surface area contributed by atoms with Crippen molar-refractivity contribution >= 4 is 0 Å². The first kappa shape index (κ1) is 12.7. The van der Waals surface area contributed by atoms with Gasteiger partial charge in [0, 0.05) is 0 Å². The molecule has 1 unspecified atom stereocenters. The highest BCUT2D eigenvalue weighted by atomic mass is 16.3. The van der Waals surface area contributed by atoms with Crippen LogP contribution in [0.2, 0.25) is 0 Å². The van der Waals surface area contributed by atoms with Crippen LogP contribution in [-0.2, 0) is 0 Å². The highest BCUT2D eigenvalue weighted by Crippen LogP contribution is 2.20. The summed E-state index contributed by atoms with van der Waals surface area (Å²) in [5.74, 6) is 0. The van der Waals surface area contributed by atoms with Gasteiger partial charge >= 0.3 is 0 Å². The number of allylic oxidation sites excluding steroid dienone is 2. The first-order chi connectivity index (χ1) is 6.18. The Balaban J connectivity index is 3.76. The molecule has 0 aliphatic rings. The lowest BCUT2D eigenvalue weighted by atomic mass is 9.91. The molecule has 0 bridgehead atoms. The minimum atomic E-state index is -0.535.